The van der Waals surface area contributed by atoms with E-state index in [-0.39, 0.29) is 20.1 Å². The zero-order valence-electron chi connectivity index (χ0n) is 41.9. The molecule has 0 aliphatic rings. The molecule has 0 radical (unpaired) electrons. The van der Waals surface area contributed by atoms with Crippen LogP contribution in [0.4, 0.5) is 0 Å². The largest absolute Gasteiger partial charge is 3.00 e. The summed E-state index contributed by atoms with van der Waals surface area (Å²) in [6.45, 7) is 8.43. The number of nitrogens with zero attached hydrogens (tertiary/aromatic N) is 3. The van der Waals surface area contributed by atoms with Crippen molar-refractivity contribution >= 4 is 32.3 Å². The normalized spacial score (nSPS) is 11.6. The summed E-state index contributed by atoms with van der Waals surface area (Å²) < 4.78 is 13.7. The van der Waals surface area contributed by atoms with Crippen molar-refractivity contribution in [2.75, 3.05) is 0 Å². The van der Waals surface area contributed by atoms with E-state index < -0.39 is 11.2 Å². The standard InChI is InChI=1S/C69H50N3O2.Ir/c1-68(2,73-55-33-28-48(29-34-55)65-22-12-14-38-70-65)53-40-52(41-54(43-53)69(3,4)74-56-35-30-49(31-36-56)66-23-13-15-39-71-66)58-19-9-8-18-57(58)47-24-26-50(27-25-47)67-44-63-61-37-32-51(46-16-6-5-7-17-46)42-62(61)59-20-10-11-21-60(59)64(63)45-72-67;/h5-26,28,30,32-45H,1-4H3;/q-3;+3. The van der Waals surface area contributed by atoms with Crippen LogP contribution in [0.5, 0.6) is 11.5 Å². The molecule has 0 N–H and O–H groups in total. The summed E-state index contributed by atoms with van der Waals surface area (Å²) in [6, 6.07) is 83.9. The van der Waals surface area contributed by atoms with Gasteiger partial charge in [-0.1, -0.05) is 132 Å². The molecule has 0 spiro atoms. The van der Waals surface area contributed by atoms with Crippen LogP contribution in [0.25, 0.3) is 99.5 Å². The second-order valence-electron chi connectivity index (χ2n) is 19.7. The van der Waals surface area contributed by atoms with Gasteiger partial charge in [-0.3, -0.25) is 0 Å². The van der Waals surface area contributed by atoms with Crippen LogP contribution in [-0.4, -0.2) is 15.0 Å². The Morgan fingerprint density at radius 1 is 0.347 bits per heavy atom. The minimum atomic E-state index is -0.766. The Bertz CT molecular complexity index is 3860. The first kappa shape index (κ1) is 48.7. The van der Waals surface area contributed by atoms with Gasteiger partial charge in [0.05, 0.1) is 0 Å². The summed E-state index contributed by atoms with van der Waals surface area (Å²) in [4.78, 5) is 14.1. The SMILES string of the molecule is CC(C)(Oc1c[c-]c(-c2ccccn2)cc1)c1cc(-c2ccccc2-c2c[c-]c(-c3cc4c5ccc(-c6ccccc6)cc5c5ccccc5c4cn3)cc2)cc(C(C)(C)Oc2c[c-]c(-c3ccccn3)cc2)c1.[Ir+3]. The average Bonchev–Trinajstić information content (AvgIpc) is 3.46. The van der Waals surface area contributed by atoms with E-state index in [0.29, 0.717) is 11.5 Å². The summed E-state index contributed by atoms with van der Waals surface area (Å²) in [5.41, 5.74) is 12.4. The summed E-state index contributed by atoms with van der Waals surface area (Å²) in [5, 5.41) is 7.13. The molecule has 0 atom stereocenters. The van der Waals surface area contributed by atoms with Crippen LogP contribution in [0.15, 0.2) is 231 Å². The second-order valence-corrected chi connectivity index (χ2v) is 19.7. The molecule has 3 heterocycles. The first-order valence-electron chi connectivity index (χ1n) is 25.0. The Balaban J connectivity index is 0.00000602. The molecule has 3 aromatic heterocycles. The van der Waals surface area contributed by atoms with Gasteiger partial charge in [0.15, 0.2) is 0 Å². The molecule has 0 unspecified atom stereocenters. The van der Waals surface area contributed by atoms with E-state index in [1.165, 1.54) is 38.1 Å². The number of aromatic nitrogens is 3. The molecule has 0 aliphatic carbocycles. The molecular formula is C69H50IrN3O2. The van der Waals surface area contributed by atoms with Crippen LogP contribution in [0.2, 0.25) is 0 Å². The molecule has 75 heavy (non-hydrogen) atoms. The van der Waals surface area contributed by atoms with Crippen molar-refractivity contribution in [3.05, 3.63) is 260 Å². The van der Waals surface area contributed by atoms with Crippen LogP contribution in [0.3, 0.4) is 0 Å². The molecule has 0 bridgehead atoms. The number of benzene rings is 9. The Morgan fingerprint density at radius 2 is 0.840 bits per heavy atom. The van der Waals surface area contributed by atoms with Crippen LogP contribution in [0, 0.1) is 18.2 Å². The van der Waals surface area contributed by atoms with Gasteiger partial charge in [-0.15, -0.1) is 89.5 Å². The number of fused-ring (bicyclic) bond motifs is 6. The van der Waals surface area contributed by atoms with Gasteiger partial charge in [-0.2, -0.15) is 0 Å². The van der Waals surface area contributed by atoms with Gasteiger partial charge in [0.2, 0.25) is 0 Å². The predicted octanol–water partition coefficient (Wildman–Crippen LogP) is 17.4. The van der Waals surface area contributed by atoms with E-state index in [4.69, 9.17) is 14.5 Å². The monoisotopic (exact) mass is 1150 g/mol. The quantitative estimate of drug-likeness (QED) is 0.0901. The molecule has 0 amide bonds. The first-order valence-corrected chi connectivity index (χ1v) is 25.0. The van der Waals surface area contributed by atoms with E-state index >= 15 is 0 Å². The average molecular weight is 1150 g/mol. The van der Waals surface area contributed by atoms with Crippen LogP contribution >= 0.6 is 0 Å². The van der Waals surface area contributed by atoms with Gasteiger partial charge >= 0.3 is 20.1 Å². The summed E-state index contributed by atoms with van der Waals surface area (Å²) in [7, 11) is 0. The summed E-state index contributed by atoms with van der Waals surface area (Å²) in [5.74, 6) is 1.41. The van der Waals surface area contributed by atoms with Crippen molar-refractivity contribution in [2.24, 2.45) is 0 Å². The molecule has 5 nitrogen and oxygen atoms in total. The minimum Gasteiger partial charge on any atom is -0.527 e. The zero-order valence-corrected chi connectivity index (χ0v) is 44.3. The predicted molar refractivity (Wildman–Crippen MR) is 302 cm³/mol. The maximum absolute atomic E-state index is 6.86. The van der Waals surface area contributed by atoms with Gasteiger partial charge in [0.1, 0.15) is 11.2 Å². The molecule has 12 aromatic rings. The van der Waals surface area contributed by atoms with Crippen LogP contribution in [0.1, 0.15) is 38.8 Å². The minimum absolute atomic E-state index is 0. The van der Waals surface area contributed by atoms with E-state index in [1.807, 2.05) is 79.0 Å². The van der Waals surface area contributed by atoms with Gasteiger partial charge in [-0.05, 0) is 141 Å². The molecule has 12 rings (SSSR count). The van der Waals surface area contributed by atoms with Crippen molar-refractivity contribution in [3.63, 3.8) is 0 Å². The molecule has 0 aliphatic heterocycles. The fourth-order valence-corrected chi connectivity index (χ4v) is 10.0. The Labute approximate surface area is 451 Å². The van der Waals surface area contributed by atoms with Gasteiger partial charge in [-0.25, -0.2) is 0 Å². The third kappa shape index (κ3) is 9.87. The number of ether oxygens (including phenoxy) is 2. The summed E-state index contributed by atoms with van der Waals surface area (Å²) in [6.07, 6.45) is 5.61. The van der Waals surface area contributed by atoms with Crippen LogP contribution < -0.4 is 9.47 Å². The third-order valence-electron chi connectivity index (χ3n) is 14.0. The smallest absolute Gasteiger partial charge is 0.527 e. The van der Waals surface area contributed by atoms with Gasteiger partial charge in [0, 0.05) is 35.5 Å². The number of hydrogen-bond donors (Lipinski definition) is 0. The molecular weight excluding hydrogens is 1090 g/mol. The molecule has 9 aromatic carbocycles. The van der Waals surface area contributed by atoms with E-state index in [9.17, 15) is 0 Å². The molecule has 0 saturated carbocycles. The summed E-state index contributed by atoms with van der Waals surface area (Å²) >= 11 is 0. The number of hydrogen-bond acceptors (Lipinski definition) is 5. The Kier molecular flexibility index (Phi) is 13.3. The molecule has 362 valence electrons. The van der Waals surface area contributed by atoms with E-state index in [1.54, 1.807) is 12.4 Å². The van der Waals surface area contributed by atoms with Crippen molar-refractivity contribution < 1.29 is 29.6 Å². The van der Waals surface area contributed by atoms with Crippen molar-refractivity contribution in [1.82, 2.24) is 15.0 Å². The molecule has 6 heteroatoms. The van der Waals surface area contributed by atoms with E-state index in [2.05, 4.69) is 195 Å². The molecule has 0 fully saturated rings. The van der Waals surface area contributed by atoms with Gasteiger partial charge < -0.3 is 24.4 Å². The maximum atomic E-state index is 6.86. The van der Waals surface area contributed by atoms with Crippen molar-refractivity contribution in [1.29, 1.82) is 0 Å². The first-order chi connectivity index (χ1) is 36.1. The Morgan fingerprint density at radius 3 is 1.40 bits per heavy atom. The van der Waals surface area contributed by atoms with Crippen molar-refractivity contribution in [3.8, 4) is 78.7 Å². The van der Waals surface area contributed by atoms with Gasteiger partial charge in [0.25, 0.3) is 0 Å². The zero-order chi connectivity index (χ0) is 50.2. The number of pyridine rings is 3. The van der Waals surface area contributed by atoms with Crippen molar-refractivity contribution in [2.45, 2.75) is 38.9 Å². The van der Waals surface area contributed by atoms with E-state index in [0.717, 1.165) is 72.5 Å². The third-order valence-corrected chi connectivity index (χ3v) is 14.0. The topological polar surface area (TPSA) is 57.1 Å². The van der Waals surface area contributed by atoms with Crippen LogP contribution in [-0.2, 0) is 31.3 Å². The Hall–Kier alpha value is -8.54. The molecule has 0 saturated heterocycles. The number of rotatable bonds is 12. The fourth-order valence-electron chi connectivity index (χ4n) is 10.0. The second kappa shape index (κ2) is 20.4. The maximum Gasteiger partial charge on any atom is 3.00 e. The fraction of sp³-hybridized carbons (Fsp3) is 0.0870.